The average Bonchev–Trinajstić information content (AvgIpc) is 2.19. The van der Waals surface area contributed by atoms with Gasteiger partial charge in [-0.05, 0) is 31.5 Å². The second-order valence-electron chi connectivity index (χ2n) is 4.57. The molecule has 1 aliphatic carbocycles. The van der Waals surface area contributed by atoms with E-state index in [-0.39, 0.29) is 18.7 Å². The topological polar surface area (TPSA) is 124 Å². The van der Waals surface area contributed by atoms with Crippen LogP contribution in [0.1, 0.15) is 25.7 Å². The molecule has 0 heterocycles. The zero-order valence-corrected chi connectivity index (χ0v) is 9.04. The Hall–Kier alpha value is -0.625. The van der Waals surface area contributed by atoms with Crippen molar-refractivity contribution in [3.8, 4) is 0 Å². The first kappa shape index (κ1) is 13.4. The van der Waals surface area contributed by atoms with Crippen molar-refractivity contribution in [2.24, 2.45) is 11.7 Å². The fraction of sp³-hybridized carbons (Fsp3) is 0.889. The summed E-state index contributed by atoms with van der Waals surface area (Å²) in [4.78, 5) is 11.0. The summed E-state index contributed by atoms with van der Waals surface area (Å²) < 4.78 is 0. The number of rotatable bonds is 4. The third-order valence-corrected chi connectivity index (χ3v) is 3.30. The Bertz CT molecular complexity index is 262. The monoisotopic (exact) mass is 231 g/mol. The molecule has 1 aliphatic rings. The van der Waals surface area contributed by atoms with E-state index in [2.05, 4.69) is 0 Å². The van der Waals surface area contributed by atoms with Gasteiger partial charge in [0.1, 0.15) is 5.54 Å². The maximum atomic E-state index is 11.0. The van der Waals surface area contributed by atoms with Gasteiger partial charge >= 0.3 is 13.1 Å². The molecule has 6 nitrogen and oxygen atoms in total. The van der Waals surface area contributed by atoms with Gasteiger partial charge in [-0.3, -0.25) is 4.79 Å². The van der Waals surface area contributed by atoms with Crippen LogP contribution >= 0.6 is 0 Å². The first-order chi connectivity index (χ1) is 7.36. The number of nitrogens with two attached hydrogens (primary N) is 1. The highest BCUT2D eigenvalue weighted by Gasteiger charge is 2.46. The normalized spacial score (nSPS) is 34.8. The SMILES string of the molecule is N[C@]1(C(=O)O)C[C@H](CCB(O)O)CC[C@H]1O. The van der Waals surface area contributed by atoms with Gasteiger partial charge in [0.25, 0.3) is 0 Å². The molecule has 0 bridgehead atoms. The van der Waals surface area contributed by atoms with Gasteiger partial charge < -0.3 is 26.0 Å². The quantitative estimate of drug-likeness (QED) is 0.387. The number of aliphatic hydroxyl groups excluding tert-OH is 1. The summed E-state index contributed by atoms with van der Waals surface area (Å²) in [5, 5.41) is 36.0. The summed E-state index contributed by atoms with van der Waals surface area (Å²) >= 11 is 0. The Morgan fingerprint density at radius 3 is 2.56 bits per heavy atom. The van der Waals surface area contributed by atoms with E-state index in [1.54, 1.807) is 0 Å². The lowest BCUT2D eigenvalue weighted by molar-refractivity contribution is -0.151. The van der Waals surface area contributed by atoms with Crippen molar-refractivity contribution in [3.05, 3.63) is 0 Å². The molecule has 16 heavy (non-hydrogen) atoms. The molecule has 0 aliphatic heterocycles. The van der Waals surface area contributed by atoms with E-state index < -0.39 is 24.7 Å². The van der Waals surface area contributed by atoms with Crippen molar-refractivity contribution in [1.29, 1.82) is 0 Å². The summed E-state index contributed by atoms with van der Waals surface area (Å²) in [7, 11) is -1.37. The van der Waals surface area contributed by atoms with Crippen LogP contribution in [0.25, 0.3) is 0 Å². The fourth-order valence-corrected chi connectivity index (χ4v) is 2.23. The minimum Gasteiger partial charge on any atom is -0.480 e. The van der Waals surface area contributed by atoms with Crippen molar-refractivity contribution in [2.75, 3.05) is 0 Å². The first-order valence-electron chi connectivity index (χ1n) is 5.42. The van der Waals surface area contributed by atoms with Crippen LogP contribution in [0.15, 0.2) is 0 Å². The summed E-state index contributed by atoms with van der Waals surface area (Å²) in [6.45, 7) is 0. The average molecular weight is 231 g/mol. The second kappa shape index (κ2) is 5.14. The summed E-state index contributed by atoms with van der Waals surface area (Å²) in [6.07, 6.45) is 0.874. The molecular formula is C9H18BNO5. The lowest BCUT2D eigenvalue weighted by Crippen LogP contribution is -2.60. The third kappa shape index (κ3) is 2.94. The molecule has 0 spiro atoms. The highest BCUT2D eigenvalue weighted by molar-refractivity contribution is 6.40. The minimum atomic E-state index is -1.59. The standard InChI is InChI=1S/C9H18BNO5/c11-9(8(13)14)5-6(1-2-7(9)12)3-4-10(15)16/h6-7,12,15-16H,1-5,11H2,(H,13,14)/t6-,7+,9+/m0/s1. The van der Waals surface area contributed by atoms with Crippen LogP contribution in [-0.2, 0) is 4.79 Å². The Balaban J connectivity index is 2.57. The zero-order valence-electron chi connectivity index (χ0n) is 9.04. The van der Waals surface area contributed by atoms with E-state index in [1.807, 2.05) is 0 Å². The van der Waals surface area contributed by atoms with Crippen molar-refractivity contribution in [3.63, 3.8) is 0 Å². The lowest BCUT2D eigenvalue weighted by atomic mass is 9.70. The van der Waals surface area contributed by atoms with Gasteiger partial charge in [0, 0.05) is 0 Å². The maximum absolute atomic E-state index is 11.0. The first-order valence-corrected chi connectivity index (χ1v) is 5.42. The number of hydrogen-bond donors (Lipinski definition) is 5. The molecular weight excluding hydrogens is 213 g/mol. The Kier molecular flexibility index (Phi) is 4.31. The molecule has 92 valence electrons. The highest BCUT2D eigenvalue weighted by Crippen LogP contribution is 2.34. The van der Waals surface area contributed by atoms with E-state index in [0.717, 1.165) is 0 Å². The van der Waals surface area contributed by atoms with Gasteiger partial charge in [-0.15, -0.1) is 0 Å². The number of aliphatic carboxylic acids is 1. The van der Waals surface area contributed by atoms with Gasteiger partial charge in [0.15, 0.2) is 0 Å². The summed E-state index contributed by atoms with van der Waals surface area (Å²) in [5.74, 6) is -1.18. The molecule has 0 aromatic carbocycles. The Morgan fingerprint density at radius 2 is 2.06 bits per heavy atom. The number of carbonyl (C=O) groups is 1. The molecule has 3 atom stereocenters. The van der Waals surface area contributed by atoms with Crippen LogP contribution in [0.4, 0.5) is 0 Å². The molecule has 1 fully saturated rings. The molecule has 0 unspecified atom stereocenters. The number of hydrogen-bond acceptors (Lipinski definition) is 5. The van der Waals surface area contributed by atoms with E-state index in [0.29, 0.717) is 19.3 Å². The van der Waals surface area contributed by atoms with Crippen LogP contribution in [0.3, 0.4) is 0 Å². The van der Waals surface area contributed by atoms with Crippen molar-refractivity contribution >= 4 is 13.1 Å². The van der Waals surface area contributed by atoms with Crippen molar-refractivity contribution in [2.45, 2.75) is 43.6 Å². The van der Waals surface area contributed by atoms with Gasteiger partial charge in [-0.1, -0.05) is 6.42 Å². The zero-order chi connectivity index (χ0) is 12.3. The second-order valence-corrected chi connectivity index (χ2v) is 4.57. The van der Waals surface area contributed by atoms with E-state index in [4.69, 9.17) is 20.9 Å². The maximum Gasteiger partial charge on any atom is 0.451 e. The molecule has 1 saturated carbocycles. The van der Waals surface area contributed by atoms with E-state index in [1.165, 1.54) is 0 Å². The third-order valence-electron chi connectivity index (χ3n) is 3.30. The Morgan fingerprint density at radius 1 is 1.44 bits per heavy atom. The highest BCUT2D eigenvalue weighted by atomic mass is 16.4. The fourth-order valence-electron chi connectivity index (χ4n) is 2.23. The van der Waals surface area contributed by atoms with Crippen LogP contribution < -0.4 is 5.73 Å². The predicted octanol–water partition coefficient (Wildman–Crippen LogP) is -1.21. The van der Waals surface area contributed by atoms with Gasteiger partial charge in [-0.25, -0.2) is 0 Å². The summed E-state index contributed by atoms with van der Waals surface area (Å²) in [6, 6.07) is 0. The molecule has 1 rings (SSSR count). The molecule has 0 radical (unpaired) electrons. The van der Waals surface area contributed by atoms with E-state index in [9.17, 15) is 9.90 Å². The predicted molar refractivity (Wildman–Crippen MR) is 57.5 cm³/mol. The number of aliphatic hydroxyl groups is 1. The summed E-state index contributed by atoms with van der Waals surface area (Å²) in [5.41, 5.74) is 4.07. The smallest absolute Gasteiger partial charge is 0.451 e. The lowest BCUT2D eigenvalue weighted by Gasteiger charge is -2.38. The van der Waals surface area contributed by atoms with Crippen molar-refractivity contribution < 1.29 is 25.1 Å². The number of carboxylic acids is 1. The Labute approximate surface area is 94.2 Å². The van der Waals surface area contributed by atoms with Gasteiger partial charge in [-0.2, -0.15) is 0 Å². The van der Waals surface area contributed by atoms with Gasteiger partial charge in [0.05, 0.1) is 6.10 Å². The number of carboxylic acid groups (broad SMARTS) is 1. The van der Waals surface area contributed by atoms with E-state index >= 15 is 0 Å². The molecule has 7 heteroatoms. The molecule has 6 N–H and O–H groups in total. The van der Waals surface area contributed by atoms with Crippen LogP contribution in [0, 0.1) is 5.92 Å². The van der Waals surface area contributed by atoms with Crippen LogP contribution in [0.5, 0.6) is 0 Å². The van der Waals surface area contributed by atoms with Gasteiger partial charge in [0.2, 0.25) is 0 Å². The van der Waals surface area contributed by atoms with Crippen LogP contribution in [-0.4, -0.2) is 45.0 Å². The van der Waals surface area contributed by atoms with Crippen LogP contribution in [0.2, 0.25) is 6.32 Å². The molecule has 0 aromatic heterocycles. The molecule has 0 saturated heterocycles. The minimum absolute atomic E-state index is 0.0197. The molecule has 0 amide bonds. The van der Waals surface area contributed by atoms with Crippen molar-refractivity contribution in [1.82, 2.24) is 0 Å². The largest absolute Gasteiger partial charge is 0.480 e. The molecule has 0 aromatic rings.